The number of nitrogens with zero attached hydrogens (tertiary/aromatic N) is 4. The fourth-order valence-corrected chi connectivity index (χ4v) is 6.01. The normalized spacial score (nSPS) is 16.0. The quantitative estimate of drug-likeness (QED) is 0.288. The SMILES string of the molecule is Cc1[nH]n(C)c1-c1cnc2c3c(Cl)cnc(Cl)c3n([C@H](c3ccccc3)C3CCOCC3)c2c1. The van der Waals surface area contributed by atoms with E-state index in [0.717, 1.165) is 64.9 Å². The third-order valence-corrected chi connectivity index (χ3v) is 7.56. The van der Waals surface area contributed by atoms with Crippen molar-refractivity contribution in [2.24, 2.45) is 13.0 Å². The van der Waals surface area contributed by atoms with Gasteiger partial charge in [0.25, 0.3) is 0 Å². The monoisotopic (exact) mass is 493 g/mol. The van der Waals surface area contributed by atoms with Crippen LogP contribution in [0.25, 0.3) is 33.2 Å². The summed E-state index contributed by atoms with van der Waals surface area (Å²) in [5.74, 6) is 0.377. The summed E-state index contributed by atoms with van der Waals surface area (Å²) >= 11 is 13.5. The zero-order valence-electron chi connectivity index (χ0n) is 19.1. The number of H-pyrrole nitrogens is 1. The summed E-state index contributed by atoms with van der Waals surface area (Å²) in [6.07, 6.45) is 5.47. The van der Waals surface area contributed by atoms with Crippen molar-refractivity contribution in [3.8, 4) is 11.3 Å². The summed E-state index contributed by atoms with van der Waals surface area (Å²) in [7, 11) is 2.01. The molecule has 6 rings (SSSR count). The number of ether oxygens (including phenoxy) is 1. The Morgan fingerprint density at radius 2 is 1.85 bits per heavy atom. The van der Waals surface area contributed by atoms with Gasteiger partial charge in [0.2, 0.25) is 0 Å². The van der Waals surface area contributed by atoms with Crippen LogP contribution in [-0.2, 0) is 11.8 Å². The van der Waals surface area contributed by atoms with Crippen molar-refractivity contribution in [2.45, 2.75) is 25.8 Å². The molecule has 1 aliphatic rings. The first-order valence-corrected chi connectivity index (χ1v) is 12.3. The lowest BCUT2D eigenvalue weighted by atomic mass is 9.86. The summed E-state index contributed by atoms with van der Waals surface area (Å²) in [5, 5.41) is 5.11. The minimum Gasteiger partial charge on any atom is -0.381 e. The zero-order chi connectivity index (χ0) is 23.4. The van der Waals surface area contributed by atoms with Gasteiger partial charge in [0, 0.05) is 43.6 Å². The highest BCUT2D eigenvalue weighted by Gasteiger charge is 2.32. The van der Waals surface area contributed by atoms with Crippen molar-refractivity contribution in [3.63, 3.8) is 0 Å². The van der Waals surface area contributed by atoms with Gasteiger partial charge in [-0.15, -0.1) is 0 Å². The molecule has 1 saturated heterocycles. The van der Waals surface area contributed by atoms with Gasteiger partial charge in [-0.3, -0.25) is 9.67 Å². The van der Waals surface area contributed by atoms with Crippen molar-refractivity contribution < 1.29 is 4.74 Å². The Morgan fingerprint density at radius 3 is 2.56 bits per heavy atom. The molecular formula is C26H25Cl2N5O. The lowest BCUT2D eigenvalue weighted by Crippen LogP contribution is -2.27. The van der Waals surface area contributed by atoms with Crippen LogP contribution in [0.15, 0.2) is 48.8 Å². The van der Waals surface area contributed by atoms with Crippen molar-refractivity contribution in [1.82, 2.24) is 24.3 Å². The Balaban J connectivity index is 1.70. The first-order chi connectivity index (χ1) is 16.5. The van der Waals surface area contributed by atoms with Gasteiger partial charge in [-0.1, -0.05) is 53.5 Å². The van der Waals surface area contributed by atoms with E-state index in [0.29, 0.717) is 16.1 Å². The molecule has 0 radical (unpaired) electrons. The van der Waals surface area contributed by atoms with Crippen molar-refractivity contribution >= 4 is 45.1 Å². The molecule has 1 N–H and O–H groups in total. The first-order valence-electron chi connectivity index (χ1n) is 11.5. The van der Waals surface area contributed by atoms with Crippen molar-refractivity contribution in [2.75, 3.05) is 13.2 Å². The van der Waals surface area contributed by atoms with Crippen LogP contribution in [0, 0.1) is 12.8 Å². The van der Waals surface area contributed by atoms with Crippen LogP contribution in [0.3, 0.4) is 0 Å². The van der Waals surface area contributed by atoms with Gasteiger partial charge in [-0.05, 0) is 37.3 Å². The molecule has 34 heavy (non-hydrogen) atoms. The smallest absolute Gasteiger partial charge is 0.153 e. The van der Waals surface area contributed by atoms with Crippen molar-refractivity contribution in [3.05, 3.63) is 70.2 Å². The maximum atomic E-state index is 6.79. The molecule has 0 amide bonds. The Morgan fingerprint density at radius 1 is 1.09 bits per heavy atom. The molecule has 0 saturated carbocycles. The topological polar surface area (TPSA) is 60.7 Å². The lowest BCUT2D eigenvalue weighted by molar-refractivity contribution is 0.0553. The predicted octanol–water partition coefficient (Wildman–Crippen LogP) is 6.55. The van der Waals surface area contributed by atoms with Gasteiger partial charge in [-0.2, -0.15) is 0 Å². The Hall–Kier alpha value is -2.80. The third kappa shape index (κ3) is 3.35. The third-order valence-electron chi connectivity index (χ3n) is 7.00. The van der Waals surface area contributed by atoms with Gasteiger partial charge >= 0.3 is 0 Å². The van der Waals surface area contributed by atoms with E-state index in [1.165, 1.54) is 5.56 Å². The number of nitrogens with one attached hydrogen (secondary N) is 1. The maximum Gasteiger partial charge on any atom is 0.153 e. The average molecular weight is 494 g/mol. The average Bonchev–Trinajstić information content (AvgIpc) is 3.18. The summed E-state index contributed by atoms with van der Waals surface area (Å²) in [4.78, 5) is 9.35. The molecular weight excluding hydrogens is 469 g/mol. The fraction of sp³-hybridized carbons (Fsp3) is 0.308. The van der Waals surface area contributed by atoms with E-state index in [1.54, 1.807) is 6.20 Å². The number of benzene rings is 1. The zero-order valence-corrected chi connectivity index (χ0v) is 20.6. The van der Waals surface area contributed by atoms with Crippen LogP contribution in [-0.4, -0.2) is 37.5 Å². The molecule has 1 aromatic carbocycles. The van der Waals surface area contributed by atoms with Gasteiger partial charge < -0.3 is 14.4 Å². The second-order valence-electron chi connectivity index (χ2n) is 9.03. The van der Waals surface area contributed by atoms with Gasteiger partial charge in [0.05, 0.1) is 39.0 Å². The van der Waals surface area contributed by atoms with E-state index in [1.807, 2.05) is 17.9 Å². The van der Waals surface area contributed by atoms with Crippen LogP contribution < -0.4 is 0 Å². The number of aryl methyl sites for hydroxylation is 2. The second kappa shape index (κ2) is 8.45. The minimum absolute atomic E-state index is 0.0484. The first kappa shape index (κ1) is 21.7. The molecule has 8 heteroatoms. The molecule has 0 unspecified atom stereocenters. The highest BCUT2D eigenvalue weighted by atomic mass is 35.5. The molecule has 1 aliphatic heterocycles. The molecule has 5 heterocycles. The number of rotatable bonds is 4. The molecule has 6 nitrogen and oxygen atoms in total. The molecule has 5 aromatic rings. The van der Waals surface area contributed by atoms with Gasteiger partial charge in [0.1, 0.15) is 0 Å². The summed E-state index contributed by atoms with van der Waals surface area (Å²) in [5.41, 5.74) is 7.21. The summed E-state index contributed by atoms with van der Waals surface area (Å²) < 4.78 is 10.1. The molecule has 1 fully saturated rings. The highest BCUT2D eigenvalue weighted by molar-refractivity contribution is 6.41. The summed E-state index contributed by atoms with van der Waals surface area (Å²) in [6.45, 7) is 3.58. The number of hydrogen-bond acceptors (Lipinski definition) is 3. The van der Waals surface area contributed by atoms with Gasteiger partial charge in [-0.25, -0.2) is 4.98 Å². The van der Waals surface area contributed by atoms with E-state index in [2.05, 4.69) is 58.0 Å². The van der Waals surface area contributed by atoms with Crippen LogP contribution in [0.1, 0.15) is 30.1 Å². The van der Waals surface area contributed by atoms with Crippen LogP contribution in [0.5, 0.6) is 0 Å². The Labute approximate surface area is 207 Å². The Bertz CT molecular complexity index is 1480. The van der Waals surface area contributed by atoms with E-state index < -0.39 is 0 Å². The molecule has 1 atom stereocenters. The molecule has 0 bridgehead atoms. The maximum absolute atomic E-state index is 6.79. The van der Waals surface area contributed by atoms with Crippen LogP contribution >= 0.6 is 23.2 Å². The summed E-state index contributed by atoms with van der Waals surface area (Å²) in [6, 6.07) is 12.9. The molecule has 0 spiro atoms. The largest absolute Gasteiger partial charge is 0.381 e. The Kier molecular flexibility index (Phi) is 5.40. The van der Waals surface area contributed by atoms with Crippen LogP contribution in [0.4, 0.5) is 0 Å². The number of aromatic amines is 1. The molecule has 174 valence electrons. The van der Waals surface area contributed by atoms with E-state index in [-0.39, 0.29) is 6.04 Å². The number of aromatic nitrogens is 5. The predicted molar refractivity (Wildman–Crippen MR) is 137 cm³/mol. The highest BCUT2D eigenvalue weighted by Crippen LogP contribution is 2.44. The lowest BCUT2D eigenvalue weighted by Gasteiger charge is -2.33. The van der Waals surface area contributed by atoms with E-state index in [4.69, 9.17) is 32.9 Å². The van der Waals surface area contributed by atoms with E-state index in [9.17, 15) is 0 Å². The molecule has 0 aliphatic carbocycles. The van der Waals surface area contributed by atoms with Crippen molar-refractivity contribution in [1.29, 1.82) is 0 Å². The number of pyridine rings is 2. The standard InChI is InChI=1S/C26H25Cl2N5O/c1-15-23(32(2)31-15)18-12-20-22(29-13-18)21-19(27)14-30-26(28)25(21)33(20)24(16-6-4-3-5-7-16)17-8-10-34-11-9-17/h3-7,12-14,17,24,31H,8-11H2,1-2H3/t24-/m1/s1. The second-order valence-corrected chi connectivity index (χ2v) is 9.80. The molecule has 4 aromatic heterocycles. The minimum atomic E-state index is 0.0484. The fourth-order valence-electron chi connectivity index (χ4n) is 5.55. The number of hydrogen-bond donors (Lipinski definition) is 1. The number of halogens is 2. The number of fused-ring (bicyclic) bond motifs is 3. The van der Waals surface area contributed by atoms with Crippen LogP contribution in [0.2, 0.25) is 10.2 Å². The van der Waals surface area contributed by atoms with Gasteiger partial charge in [0.15, 0.2) is 5.15 Å². The van der Waals surface area contributed by atoms with E-state index >= 15 is 0 Å².